The van der Waals surface area contributed by atoms with Gasteiger partial charge in [-0.25, -0.2) is 0 Å². The van der Waals surface area contributed by atoms with Crippen molar-refractivity contribution in [1.82, 2.24) is 0 Å². The van der Waals surface area contributed by atoms with Gasteiger partial charge >= 0.3 is 0 Å². The lowest BCUT2D eigenvalue weighted by Crippen LogP contribution is -2.04. The summed E-state index contributed by atoms with van der Waals surface area (Å²) >= 11 is 0. The van der Waals surface area contributed by atoms with Gasteiger partial charge < -0.3 is 11.5 Å². The zero-order valence-electron chi connectivity index (χ0n) is 7.01. The van der Waals surface area contributed by atoms with Gasteiger partial charge in [-0.1, -0.05) is 30.4 Å². The molecule has 0 aliphatic rings. The van der Waals surface area contributed by atoms with Gasteiger partial charge in [0, 0.05) is 13.1 Å². The summed E-state index contributed by atoms with van der Waals surface area (Å²) in [4.78, 5) is 0. The predicted octanol–water partition coefficient (Wildman–Crippen LogP) is 0.963. The largest absolute Gasteiger partial charge is 0.327 e. The molecule has 0 saturated heterocycles. The van der Waals surface area contributed by atoms with Gasteiger partial charge in [-0.05, 0) is 12.5 Å². The average molecular weight is 152 g/mol. The lowest BCUT2D eigenvalue weighted by Gasteiger charge is -1.98. The van der Waals surface area contributed by atoms with Crippen molar-refractivity contribution in [3.05, 3.63) is 36.0 Å². The van der Waals surface area contributed by atoms with Crippen LogP contribution >= 0.6 is 0 Å². The molecule has 2 nitrogen and oxygen atoms in total. The van der Waals surface area contributed by atoms with E-state index in [1.807, 2.05) is 19.1 Å². The summed E-state index contributed by atoms with van der Waals surface area (Å²) in [5, 5.41) is 0. The molecule has 4 N–H and O–H groups in total. The molecule has 0 unspecified atom stereocenters. The maximum absolute atomic E-state index is 5.46. The van der Waals surface area contributed by atoms with E-state index in [2.05, 4.69) is 6.58 Å². The highest BCUT2D eigenvalue weighted by atomic mass is 14.5. The van der Waals surface area contributed by atoms with E-state index in [1.54, 1.807) is 6.08 Å². The summed E-state index contributed by atoms with van der Waals surface area (Å²) in [6, 6.07) is 0. The molecule has 0 aromatic heterocycles. The molecule has 0 aliphatic carbocycles. The fourth-order valence-electron chi connectivity index (χ4n) is 0.702. The molecule has 0 aromatic carbocycles. The zero-order valence-corrected chi connectivity index (χ0v) is 7.01. The summed E-state index contributed by atoms with van der Waals surface area (Å²) < 4.78 is 0. The van der Waals surface area contributed by atoms with Crippen LogP contribution in [0.3, 0.4) is 0 Å². The molecule has 0 aliphatic heterocycles. The van der Waals surface area contributed by atoms with Crippen LogP contribution in [-0.4, -0.2) is 13.1 Å². The van der Waals surface area contributed by atoms with E-state index in [-0.39, 0.29) is 0 Å². The first-order chi connectivity index (χ1) is 5.24. The minimum atomic E-state index is 0.531. The van der Waals surface area contributed by atoms with Crippen molar-refractivity contribution in [2.75, 3.05) is 13.1 Å². The zero-order chi connectivity index (χ0) is 8.69. The Morgan fingerprint density at radius 3 is 2.36 bits per heavy atom. The molecule has 0 radical (unpaired) electrons. The summed E-state index contributed by atoms with van der Waals surface area (Å²) in [6.45, 7) is 6.68. The Labute approximate surface area is 68.3 Å². The number of nitrogens with two attached hydrogens (primary N) is 2. The van der Waals surface area contributed by atoms with E-state index in [0.717, 1.165) is 11.1 Å². The third-order valence-corrected chi connectivity index (χ3v) is 1.32. The van der Waals surface area contributed by atoms with E-state index in [0.29, 0.717) is 13.1 Å². The van der Waals surface area contributed by atoms with Crippen LogP contribution in [0.1, 0.15) is 6.92 Å². The number of hydrogen-bond acceptors (Lipinski definition) is 2. The van der Waals surface area contributed by atoms with Gasteiger partial charge in [-0.15, -0.1) is 0 Å². The molecule has 0 aromatic rings. The van der Waals surface area contributed by atoms with Gasteiger partial charge in [0.05, 0.1) is 0 Å². The van der Waals surface area contributed by atoms with E-state index in [9.17, 15) is 0 Å². The van der Waals surface area contributed by atoms with Crippen molar-refractivity contribution in [1.29, 1.82) is 0 Å². The quantitative estimate of drug-likeness (QED) is 0.589. The lowest BCUT2D eigenvalue weighted by atomic mass is 10.1. The van der Waals surface area contributed by atoms with Crippen molar-refractivity contribution in [3.63, 3.8) is 0 Å². The Bertz CT molecular complexity index is 178. The van der Waals surface area contributed by atoms with Crippen LogP contribution in [0.5, 0.6) is 0 Å². The Morgan fingerprint density at radius 1 is 1.36 bits per heavy atom. The average Bonchev–Trinajstić information content (AvgIpc) is 2.03. The van der Waals surface area contributed by atoms with E-state index in [1.165, 1.54) is 0 Å². The second-order valence-corrected chi connectivity index (χ2v) is 2.38. The van der Waals surface area contributed by atoms with Crippen molar-refractivity contribution < 1.29 is 0 Å². The Balaban J connectivity index is 4.28. The van der Waals surface area contributed by atoms with Crippen LogP contribution in [-0.2, 0) is 0 Å². The highest BCUT2D eigenvalue weighted by Crippen LogP contribution is 1.99. The minimum Gasteiger partial charge on any atom is -0.327 e. The lowest BCUT2D eigenvalue weighted by molar-refractivity contribution is 1.11. The molecular formula is C9H16N2. The molecule has 0 heterocycles. The number of rotatable bonds is 4. The Morgan fingerprint density at radius 2 is 2.00 bits per heavy atom. The fourth-order valence-corrected chi connectivity index (χ4v) is 0.702. The molecule has 0 amide bonds. The first-order valence-electron chi connectivity index (χ1n) is 3.63. The van der Waals surface area contributed by atoms with Crippen LogP contribution in [0.25, 0.3) is 0 Å². The highest BCUT2D eigenvalue weighted by Gasteiger charge is 1.88. The predicted molar refractivity (Wildman–Crippen MR) is 50.1 cm³/mol. The SMILES string of the molecule is C=C/C=C(\C=C(/C)CN)CN. The molecule has 62 valence electrons. The molecule has 2 heteroatoms. The highest BCUT2D eigenvalue weighted by molar-refractivity contribution is 5.27. The van der Waals surface area contributed by atoms with Crippen molar-refractivity contribution >= 4 is 0 Å². The van der Waals surface area contributed by atoms with Crippen LogP contribution in [0.4, 0.5) is 0 Å². The molecule has 0 atom stereocenters. The first kappa shape index (κ1) is 10.1. The summed E-state index contributed by atoms with van der Waals surface area (Å²) in [6.07, 6.45) is 5.60. The summed E-state index contributed by atoms with van der Waals surface area (Å²) in [5.41, 5.74) is 13.1. The van der Waals surface area contributed by atoms with Crippen molar-refractivity contribution in [3.8, 4) is 0 Å². The molecule has 0 bridgehead atoms. The maximum atomic E-state index is 5.46. The Kier molecular flexibility index (Phi) is 5.43. The van der Waals surface area contributed by atoms with Crippen LogP contribution in [0.2, 0.25) is 0 Å². The summed E-state index contributed by atoms with van der Waals surface area (Å²) in [5.74, 6) is 0. The van der Waals surface area contributed by atoms with Crippen LogP contribution in [0.15, 0.2) is 36.0 Å². The van der Waals surface area contributed by atoms with E-state index >= 15 is 0 Å². The van der Waals surface area contributed by atoms with Gasteiger partial charge in [0.15, 0.2) is 0 Å². The van der Waals surface area contributed by atoms with Gasteiger partial charge in [-0.2, -0.15) is 0 Å². The number of hydrogen-bond donors (Lipinski definition) is 2. The van der Waals surface area contributed by atoms with Gasteiger partial charge in [0.25, 0.3) is 0 Å². The van der Waals surface area contributed by atoms with Gasteiger partial charge in [0.1, 0.15) is 0 Å². The monoisotopic (exact) mass is 152 g/mol. The fraction of sp³-hybridized carbons (Fsp3) is 0.333. The topological polar surface area (TPSA) is 52.0 Å². The van der Waals surface area contributed by atoms with Crippen LogP contribution in [0, 0.1) is 0 Å². The maximum Gasteiger partial charge on any atom is 0.0178 e. The molecule has 0 rings (SSSR count). The third-order valence-electron chi connectivity index (χ3n) is 1.32. The molecule has 0 fully saturated rings. The first-order valence-corrected chi connectivity index (χ1v) is 3.63. The van der Waals surface area contributed by atoms with Crippen molar-refractivity contribution in [2.24, 2.45) is 11.5 Å². The van der Waals surface area contributed by atoms with Crippen LogP contribution < -0.4 is 11.5 Å². The third kappa shape index (κ3) is 4.53. The minimum absolute atomic E-state index is 0.531. The molecular weight excluding hydrogens is 136 g/mol. The molecule has 11 heavy (non-hydrogen) atoms. The smallest absolute Gasteiger partial charge is 0.0178 e. The normalized spacial score (nSPS) is 13.4. The second-order valence-electron chi connectivity index (χ2n) is 2.38. The second kappa shape index (κ2) is 5.89. The van der Waals surface area contributed by atoms with Crippen molar-refractivity contribution in [2.45, 2.75) is 6.92 Å². The standard InChI is InChI=1S/C9H16N2/c1-3-4-9(7-11)5-8(2)6-10/h3-5H,1,6-7,10-11H2,2H3/b8-5+,9-4+. The van der Waals surface area contributed by atoms with E-state index in [4.69, 9.17) is 11.5 Å². The summed E-state index contributed by atoms with van der Waals surface area (Å²) in [7, 11) is 0. The molecule has 0 spiro atoms. The number of allylic oxidation sites excluding steroid dienone is 2. The van der Waals surface area contributed by atoms with Gasteiger partial charge in [-0.3, -0.25) is 0 Å². The molecule has 0 saturated carbocycles. The van der Waals surface area contributed by atoms with E-state index < -0.39 is 0 Å². The Hall–Kier alpha value is -0.860. The van der Waals surface area contributed by atoms with Gasteiger partial charge in [0.2, 0.25) is 0 Å².